The predicted octanol–water partition coefficient (Wildman–Crippen LogP) is 2.27. The highest BCUT2D eigenvalue weighted by molar-refractivity contribution is 5.90. The Morgan fingerprint density at radius 3 is 2.82 bits per heavy atom. The Hall–Kier alpha value is -3.10. The van der Waals surface area contributed by atoms with Crippen LogP contribution in [0, 0.1) is 5.82 Å². The minimum absolute atomic E-state index is 0.201. The Morgan fingerprint density at radius 2 is 2.18 bits per heavy atom. The maximum Gasteiger partial charge on any atom is 0.414 e. The van der Waals surface area contributed by atoms with Crippen molar-refractivity contribution in [3.63, 3.8) is 0 Å². The molecule has 1 aromatic carbocycles. The molecular weight excluding hydrogens is 367 g/mol. The summed E-state index contributed by atoms with van der Waals surface area (Å²) in [5.74, 6) is -0.604. The molecule has 3 rings (SSSR count). The van der Waals surface area contributed by atoms with Crippen LogP contribution in [0.5, 0.6) is 0 Å². The van der Waals surface area contributed by atoms with Gasteiger partial charge in [0.1, 0.15) is 11.9 Å². The first-order chi connectivity index (χ1) is 13.5. The van der Waals surface area contributed by atoms with Gasteiger partial charge >= 0.3 is 6.09 Å². The summed E-state index contributed by atoms with van der Waals surface area (Å²) in [7, 11) is 0. The first-order valence-corrected chi connectivity index (χ1v) is 9.10. The molecule has 0 aliphatic carbocycles. The third kappa shape index (κ3) is 4.59. The molecular formula is C19H23FN4O4. The predicted molar refractivity (Wildman–Crippen MR) is 103 cm³/mol. The summed E-state index contributed by atoms with van der Waals surface area (Å²) >= 11 is 0. The average Bonchev–Trinajstić information content (AvgIpc) is 3.06. The highest BCUT2D eigenvalue weighted by Crippen LogP contribution is 2.30. The SMILES string of the molecule is CC(=O)NC[C@H]1CN(c2ccc(N3CCC(=C/C=N/O)CC3)c(F)c2)C(=O)O1. The maximum absolute atomic E-state index is 14.7. The summed E-state index contributed by atoms with van der Waals surface area (Å²) in [6.07, 6.45) is 3.61. The van der Waals surface area contributed by atoms with E-state index in [2.05, 4.69) is 10.5 Å². The summed E-state index contributed by atoms with van der Waals surface area (Å²) in [4.78, 5) is 26.4. The van der Waals surface area contributed by atoms with Crippen LogP contribution in [0.4, 0.5) is 20.6 Å². The van der Waals surface area contributed by atoms with Crippen molar-refractivity contribution in [1.29, 1.82) is 0 Å². The van der Waals surface area contributed by atoms with Gasteiger partial charge in [0.2, 0.25) is 5.91 Å². The molecule has 1 aromatic rings. The van der Waals surface area contributed by atoms with Crippen LogP contribution in [0.1, 0.15) is 19.8 Å². The van der Waals surface area contributed by atoms with E-state index in [9.17, 15) is 14.0 Å². The quantitative estimate of drug-likeness (QED) is 0.457. The number of nitrogens with one attached hydrogen (secondary N) is 1. The van der Waals surface area contributed by atoms with Crippen LogP contribution < -0.4 is 15.1 Å². The second-order valence-corrected chi connectivity index (χ2v) is 6.77. The molecule has 0 radical (unpaired) electrons. The Labute approximate surface area is 162 Å². The van der Waals surface area contributed by atoms with Crippen molar-refractivity contribution in [3.05, 3.63) is 35.7 Å². The number of carbonyl (C=O) groups is 2. The number of rotatable bonds is 5. The molecule has 150 valence electrons. The van der Waals surface area contributed by atoms with Gasteiger partial charge in [-0.15, -0.1) is 0 Å². The monoisotopic (exact) mass is 390 g/mol. The zero-order chi connectivity index (χ0) is 20.1. The van der Waals surface area contributed by atoms with Gasteiger partial charge in [0, 0.05) is 20.0 Å². The lowest BCUT2D eigenvalue weighted by Gasteiger charge is -2.31. The number of halogens is 1. The van der Waals surface area contributed by atoms with Gasteiger partial charge in [0.05, 0.1) is 30.7 Å². The molecule has 0 bridgehead atoms. The highest BCUT2D eigenvalue weighted by Gasteiger charge is 2.33. The number of carbonyl (C=O) groups excluding carboxylic acids is 2. The number of piperidine rings is 1. The second-order valence-electron chi connectivity index (χ2n) is 6.77. The summed E-state index contributed by atoms with van der Waals surface area (Å²) in [6.45, 7) is 3.19. The Kier molecular flexibility index (Phi) is 6.13. The summed E-state index contributed by atoms with van der Waals surface area (Å²) in [5, 5.41) is 14.0. The minimum Gasteiger partial charge on any atom is -0.442 e. The minimum atomic E-state index is -0.555. The number of ether oxygens (including phenoxy) is 1. The molecule has 0 spiro atoms. The van der Waals surface area contributed by atoms with E-state index in [1.807, 2.05) is 4.90 Å². The number of hydrogen-bond acceptors (Lipinski definition) is 6. The van der Waals surface area contributed by atoms with Gasteiger partial charge in [-0.2, -0.15) is 0 Å². The van der Waals surface area contributed by atoms with Crippen molar-refractivity contribution in [2.75, 3.05) is 36.0 Å². The summed E-state index contributed by atoms with van der Waals surface area (Å²) < 4.78 is 19.9. The molecule has 28 heavy (non-hydrogen) atoms. The van der Waals surface area contributed by atoms with Crippen molar-refractivity contribution < 1.29 is 23.9 Å². The molecule has 2 aliphatic rings. The fourth-order valence-corrected chi connectivity index (χ4v) is 3.36. The number of allylic oxidation sites excluding steroid dienone is 1. The fourth-order valence-electron chi connectivity index (χ4n) is 3.36. The van der Waals surface area contributed by atoms with Crippen molar-refractivity contribution in [3.8, 4) is 0 Å². The van der Waals surface area contributed by atoms with Gasteiger partial charge in [-0.3, -0.25) is 9.69 Å². The molecule has 2 heterocycles. The maximum atomic E-state index is 14.7. The van der Waals surface area contributed by atoms with Gasteiger partial charge in [0.15, 0.2) is 0 Å². The first-order valence-electron chi connectivity index (χ1n) is 9.10. The number of amides is 2. The third-order valence-corrected chi connectivity index (χ3v) is 4.82. The van der Waals surface area contributed by atoms with Crippen LogP contribution in [-0.2, 0) is 9.53 Å². The largest absolute Gasteiger partial charge is 0.442 e. The zero-order valence-electron chi connectivity index (χ0n) is 15.6. The van der Waals surface area contributed by atoms with E-state index in [-0.39, 0.29) is 19.0 Å². The average molecular weight is 390 g/mol. The fraction of sp³-hybridized carbons (Fsp3) is 0.421. The Bertz CT molecular complexity index is 801. The van der Waals surface area contributed by atoms with Gasteiger partial charge in [-0.1, -0.05) is 10.7 Å². The van der Waals surface area contributed by atoms with Gasteiger partial charge in [-0.25, -0.2) is 9.18 Å². The smallest absolute Gasteiger partial charge is 0.414 e. The van der Waals surface area contributed by atoms with Gasteiger partial charge in [-0.05, 0) is 37.1 Å². The molecule has 2 fully saturated rings. The lowest BCUT2D eigenvalue weighted by molar-refractivity contribution is -0.119. The lowest BCUT2D eigenvalue weighted by Crippen LogP contribution is -2.33. The number of hydrogen-bond donors (Lipinski definition) is 2. The van der Waals surface area contributed by atoms with Crippen molar-refractivity contribution in [2.45, 2.75) is 25.9 Å². The molecule has 0 aromatic heterocycles. The number of anilines is 2. The second kappa shape index (κ2) is 8.73. The summed E-state index contributed by atoms with van der Waals surface area (Å²) in [5.41, 5.74) is 2.06. The van der Waals surface area contributed by atoms with E-state index in [1.165, 1.54) is 24.1 Å². The number of oxime groups is 1. The molecule has 2 N–H and O–H groups in total. The number of cyclic esters (lactones) is 1. The Balaban J connectivity index is 1.65. The van der Waals surface area contributed by atoms with Crippen LogP contribution in [-0.4, -0.2) is 55.7 Å². The zero-order valence-corrected chi connectivity index (χ0v) is 15.6. The Morgan fingerprint density at radius 1 is 1.43 bits per heavy atom. The van der Waals surface area contributed by atoms with E-state index < -0.39 is 18.0 Å². The van der Waals surface area contributed by atoms with Crippen molar-refractivity contribution in [1.82, 2.24) is 5.32 Å². The topological polar surface area (TPSA) is 94.5 Å². The van der Waals surface area contributed by atoms with Crippen LogP contribution in [0.15, 0.2) is 35.0 Å². The molecule has 0 saturated carbocycles. The van der Waals surface area contributed by atoms with E-state index in [0.29, 0.717) is 24.5 Å². The molecule has 2 aliphatic heterocycles. The van der Waals surface area contributed by atoms with Crippen LogP contribution in [0.2, 0.25) is 0 Å². The lowest BCUT2D eigenvalue weighted by atomic mass is 10.0. The van der Waals surface area contributed by atoms with Gasteiger partial charge < -0.3 is 20.2 Å². The molecule has 2 saturated heterocycles. The third-order valence-electron chi connectivity index (χ3n) is 4.82. The van der Waals surface area contributed by atoms with Crippen LogP contribution in [0.3, 0.4) is 0 Å². The number of benzene rings is 1. The molecule has 9 heteroatoms. The summed E-state index contributed by atoms with van der Waals surface area (Å²) in [6, 6.07) is 4.70. The first kappa shape index (κ1) is 19.7. The molecule has 1 atom stereocenters. The van der Waals surface area contributed by atoms with Gasteiger partial charge in [0.25, 0.3) is 0 Å². The van der Waals surface area contributed by atoms with Crippen LogP contribution in [0.25, 0.3) is 0 Å². The van der Waals surface area contributed by atoms with Crippen molar-refractivity contribution >= 4 is 29.6 Å². The highest BCUT2D eigenvalue weighted by atomic mass is 19.1. The van der Waals surface area contributed by atoms with E-state index >= 15 is 0 Å². The molecule has 2 amide bonds. The van der Waals surface area contributed by atoms with E-state index in [1.54, 1.807) is 18.2 Å². The van der Waals surface area contributed by atoms with E-state index in [0.717, 1.165) is 18.4 Å². The number of nitrogens with zero attached hydrogens (tertiary/aromatic N) is 3. The normalized spacial score (nSPS) is 19.9. The molecule has 0 unspecified atom stereocenters. The van der Waals surface area contributed by atoms with Crippen molar-refractivity contribution in [2.24, 2.45) is 5.16 Å². The van der Waals surface area contributed by atoms with Crippen LogP contribution >= 0.6 is 0 Å². The van der Waals surface area contributed by atoms with E-state index in [4.69, 9.17) is 9.94 Å². The standard InChI is InChI=1S/C19H23FN4O4/c1-13(25)21-11-16-12-24(19(26)28-16)15-2-3-18(17(20)10-15)23-8-5-14(6-9-23)4-7-22-27/h2-4,7,10,16,27H,5-6,8-9,11-12H2,1H3,(H,21,25)/b22-7+/t16-/m0/s1. The molecule has 8 nitrogen and oxygen atoms in total.